The zero-order valence-corrected chi connectivity index (χ0v) is 6.74. The Hall–Kier alpha value is -0.260. The lowest BCUT2D eigenvalue weighted by atomic mass is 9.88. The predicted molar refractivity (Wildman–Crippen MR) is 39.0 cm³/mol. The van der Waals surface area contributed by atoms with Crippen molar-refractivity contribution in [3.63, 3.8) is 0 Å². The maximum Gasteiger partial charge on any atom is 0.245 e. The van der Waals surface area contributed by atoms with Gasteiger partial charge < -0.3 is 15.5 Å². The SMILES string of the molecule is C[C@@H]1NC[C@@H](O)[C@H](O)[C@H]1C(F)F. The molecule has 1 rings (SSSR count). The van der Waals surface area contributed by atoms with E-state index in [1.54, 1.807) is 6.92 Å². The highest BCUT2D eigenvalue weighted by Gasteiger charge is 2.40. The van der Waals surface area contributed by atoms with Gasteiger partial charge in [0, 0.05) is 12.6 Å². The molecule has 0 aliphatic carbocycles. The molecular weight excluding hydrogens is 168 g/mol. The topological polar surface area (TPSA) is 52.5 Å². The van der Waals surface area contributed by atoms with E-state index in [1.165, 1.54) is 0 Å². The van der Waals surface area contributed by atoms with Crippen LogP contribution in [0.25, 0.3) is 0 Å². The maximum atomic E-state index is 12.3. The number of nitrogens with one attached hydrogen (secondary N) is 1. The van der Waals surface area contributed by atoms with Crippen LogP contribution in [0.5, 0.6) is 0 Å². The third-order valence-electron chi connectivity index (χ3n) is 2.31. The van der Waals surface area contributed by atoms with Crippen molar-refractivity contribution >= 4 is 0 Å². The fraction of sp³-hybridized carbons (Fsp3) is 1.00. The second kappa shape index (κ2) is 3.64. The second-order valence-electron chi connectivity index (χ2n) is 3.17. The molecule has 4 atom stereocenters. The van der Waals surface area contributed by atoms with Gasteiger partial charge in [-0.15, -0.1) is 0 Å². The average molecular weight is 181 g/mol. The molecule has 0 aromatic rings. The zero-order valence-electron chi connectivity index (χ0n) is 6.74. The number of β-amino-alcohol motifs (C(OH)–C–C–N with tert-alkyl or cyclic N) is 1. The van der Waals surface area contributed by atoms with E-state index in [1.807, 2.05) is 0 Å². The fourth-order valence-corrected chi connectivity index (χ4v) is 1.48. The molecule has 1 saturated heterocycles. The van der Waals surface area contributed by atoms with E-state index in [-0.39, 0.29) is 6.54 Å². The highest BCUT2D eigenvalue weighted by Crippen LogP contribution is 2.23. The first-order valence-corrected chi connectivity index (χ1v) is 3.91. The molecule has 0 aromatic heterocycles. The van der Waals surface area contributed by atoms with E-state index in [0.29, 0.717) is 0 Å². The van der Waals surface area contributed by atoms with Crippen LogP contribution in [-0.4, -0.2) is 41.4 Å². The van der Waals surface area contributed by atoms with Crippen LogP contribution in [0, 0.1) is 5.92 Å². The van der Waals surface area contributed by atoms with Crippen LogP contribution < -0.4 is 5.32 Å². The standard InChI is InChI=1S/C7H13F2NO2/c1-3-5(7(8)9)6(12)4(11)2-10-3/h3-7,10-12H,2H2,1H3/t3-,4+,5-,6-/m0/s1. The first kappa shape index (κ1) is 9.83. The van der Waals surface area contributed by atoms with Crippen LogP contribution in [0.2, 0.25) is 0 Å². The van der Waals surface area contributed by atoms with E-state index in [9.17, 15) is 13.9 Å². The molecule has 1 aliphatic rings. The smallest absolute Gasteiger partial charge is 0.245 e. The fourth-order valence-electron chi connectivity index (χ4n) is 1.48. The van der Waals surface area contributed by atoms with Gasteiger partial charge in [0.2, 0.25) is 6.43 Å². The van der Waals surface area contributed by atoms with Gasteiger partial charge in [0.05, 0.1) is 18.1 Å². The van der Waals surface area contributed by atoms with Crippen molar-refractivity contribution in [1.82, 2.24) is 5.32 Å². The van der Waals surface area contributed by atoms with Gasteiger partial charge in [0.1, 0.15) is 0 Å². The Balaban J connectivity index is 2.65. The largest absolute Gasteiger partial charge is 0.390 e. The van der Waals surface area contributed by atoms with Crippen molar-refractivity contribution < 1.29 is 19.0 Å². The highest BCUT2D eigenvalue weighted by molar-refractivity contribution is 4.90. The third kappa shape index (κ3) is 1.73. The van der Waals surface area contributed by atoms with E-state index in [0.717, 1.165) is 0 Å². The molecule has 0 aromatic carbocycles. The summed E-state index contributed by atoms with van der Waals surface area (Å²) in [6.07, 6.45) is -5.00. The van der Waals surface area contributed by atoms with Gasteiger partial charge in [0.25, 0.3) is 0 Å². The van der Waals surface area contributed by atoms with Crippen LogP contribution in [0.1, 0.15) is 6.92 Å². The van der Waals surface area contributed by atoms with Crippen molar-refractivity contribution in [1.29, 1.82) is 0 Å². The molecule has 0 amide bonds. The van der Waals surface area contributed by atoms with E-state index in [4.69, 9.17) is 5.11 Å². The van der Waals surface area contributed by atoms with E-state index >= 15 is 0 Å². The van der Waals surface area contributed by atoms with E-state index < -0.39 is 30.6 Å². The minimum absolute atomic E-state index is 0.172. The minimum Gasteiger partial charge on any atom is -0.390 e. The first-order chi connectivity index (χ1) is 5.54. The van der Waals surface area contributed by atoms with Gasteiger partial charge in [-0.3, -0.25) is 0 Å². The average Bonchev–Trinajstić information content (AvgIpc) is 1.97. The molecule has 0 unspecified atom stereocenters. The monoisotopic (exact) mass is 181 g/mol. The van der Waals surface area contributed by atoms with Gasteiger partial charge in [-0.1, -0.05) is 0 Å². The van der Waals surface area contributed by atoms with Crippen LogP contribution >= 0.6 is 0 Å². The minimum atomic E-state index is -2.60. The quantitative estimate of drug-likeness (QED) is 0.515. The summed E-state index contributed by atoms with van der Waals surface area (Å²) in [5.41, 5.74) is 0. The highest BCUT2D eigenvalue weighted by atomic mass is 19.3. The maximum absolute atomic E-state index is 12.3. The first-order valence-electron chi connectivity index (χ1n) is 3.91. The Morgan fingerprint density at radius 3 is 2.42 bits per heavy atom. The zero-order chi connectivity index (χ0) is 9.30. The molecule has 0 saturated carbocycles. The number of aliphatic hydroxyl groups is 2. The molecular formula is C7H13F2NO2. The number of halogens is 2. The molecule has 5 heteroatoms. The van der Waals surface area contributed by atoms with Gasteiger partial charge in [-0.05, 0) is 6.92 Å². The van der Waals surface area contributed by atoms with Gasteiger partial charge in [0.15, 0.2) is 0 Å². The molecule has 1 fully saturated rings. The number of alkyl halides is 2. The number of hydrogen-bond acceptors (Lipinski definition) is 3. The number of rotatable bonds is 1. The Morgan fingerprint density at radius 1 is 1.42 bits per heavy atom. The van der Waals surface area contributed by atoms with E-state index in [2.05, 4.69) is 5.32 Å². The summed E-state index contributed by atoms with van der Waals surface area (Å²) in [4.78, 5) is 0. The van der Waals surface area contributed by atoms with Crippen LogP contribution in [0.3, 0.4) is 0 Å². The molecule has 3 N–H and O–H groups in total. The summed E-state index contributed by atoms with van der Waals surface area (Å²) in [6.45, 7) is 1.75. The molecule has 1 heterocycles. The summed E-state index contributed by atoms with van der Waals surface area (Å²) < 4.78 is 24.6. The van der Waals surface area contributed by atoms with Crippen molar-refractivity contribution in [2.45, 2.75) is 31.6 Å². The normalized spacial score (nSPS) is 43.5. The second-order valence-corrected chi connectivity index (χ2v) is 3.17. The van der Waals surface area contributed by atoms with Crippen LogP contribution in [0.4, 0.5) is 8.78 Å². The van der Waals surface area contributed by atoms with Crippen LogP contribution in [0.15, 0.2) is 0 Å². The van der Waals surface area contributed by atoms with Gasteiger partial charge >= 0.3 is 0 Å². The molecule has 1 aliphatic heterocycles. The Kier molecular flexibility index (Phi) is 2.98. The summed E-state index contributed by atoms with van der Waals surface area (Å²) >= 11 is 0. The Bertz CT molecular complexity index is 156. The lowest BCUT2D eigenvalue weighted by molar-refractivity contribution is -0.0995. The van der Waals surface area contributed by atoms with Crippen LogP contribution in [-0.2, 0) is 0 Å². The van der Waals surface area contributed by atoms with Gasteiger partial charge in [-0.25, -0.2) is 8.78 Å². The molecule has 0 spiro atoms. The van der Waals surface area contributed by atoms with Crippen molar-refractivity contribution in [2.24, 2.45) is 5.92 Å². The molecule has 12 heavy (non-hydrogen) atoms. The summed E-state index contributed by atoms with van der Waals surface area (Å²) in [7, 11) is 0. The van der Waals surface area contributed by atoms with Crippen molar-refractivity contribution in [3.05, 3.63) is 0 Å². The summed E-state index contributed by atoms with van der Waals surface area (Å²) in [5.74, 6) is -1.17. The lowest BCUT2D eigenvalue weighted by Crippen LogP contribution is -2.57. The van der Waals surface area contributed by atoms with Crippen molar-refractivity contribution in [2.75, 3.05) is 6.54 Å². The van der Waals surface area contributed by atoms with Gasteiger partial charge in [-0.2, -0.15) is 0 Å². The Morgan fingerprint density at radius 2 is 2.00 bits per heavy atom. The third-order valence-corrected chi connectivity index (χ3v) is 2.31. The molecule has 0 bridgehead atoms. The number of aliphatic hydroxyl groups excluding tert-OH is 2. The molecule has 3 nitrogen and oxygen atoms in total. The number of piperidine rings is 1. The predicted octanol–water partition coefficient (Wildman–Crippen LogP) is -0.419. The summed E-state index contributed by atoms with van der Waals surface area (Å²) in [5, 5.41) is 21.0. The summed E-state index contributed by atoms with van der Waals surface area (Å²) in [6, 6.07) is -0.455. The molecule has 0 radical (unpaired) electrons. The molecule has 72 valence electrons. The Labute approximate surface area is 69.4 Å². The van der Waals surface area contributed by atoms with Crippen molar-refractivity contribution in [3.8, 4) is 0 Å². The lowest BCUT2D eigenvalue weighted by Gasteiger charge is -2.36. The number of hydrogen-bond donors (Lipinski definition) is 3.